The molecule has 2 rings (SSSR count). The third-order valence-electron chi connectivity index (χ3n) is 2.87. The summed E-state index contributed by atoms with van der Waals surface area (Å²) >= 11 is 0. The normalized spacial score (nSPS) is 10.0. The number of amides is 1. The van der Waals surface area contributed by atoms with Gasteiger partial charge in [0.1, 0.15) is 11.9 Å². The lowest BCUT2D eigenvalue weighted by Gasteiger charge is -2.04. The first kappa shape index (κ1) is 12.8. The lowest BCUT2D eigenvalue weighted by atomic mass is 10.2. The van der Waals surface area contributed by atoms with Crippen LogP contribution in [0.2, 0.25) is 0 Å². The molecule has 2 aromatic heterocycles. The summed E-state index contributed by atoms with van der Waals surface area (Å²) in [6.45, 7) is 3.62. The van der Waals surface area contributed by atoms with Crippen LogP contribution in [0.25, 0.3) is 0 Å². The molecule has 0 aliphatic carbocycles. The van der Waals surface area contributed by atoms with Crippen molar-refractivity contribution in [2.75, 3.05) is 5.32 Å². The molecule has 0 saturated carbocycles. The fraction of sp³-hybridized carbons (Fsp3) is 0.231. The summed E-state index contributed by atoms with van der Waals surface area (Å²) in [5.41, 5.74) is 2.47. The molecule has 1 N–H and O–H groups in total. The van der Waals surface area contributed by atoms with Crippen LogP contribution in [0, 0.1) is 25.2 Å². The van der Waals surface area contributed by atoms with E-state index >= 15 is 0 Å². The number of nitrogens with one attached hydrogen (secondary N) is 1. The van der Waals surface area contributed by atoms with Gasteiger partial charge in [-0.3, -0.25) is 9.48 Å². The summed E-state index contributed by atoms with van der Waals surface area (Å²) in [7, 11) is 1.79. The van der Waals surface area contributed by atoms with Crippen molar-refractivity contribution in [1.82, 2.24) is 14.8 Å². The number of rotatable bonds is 2. The van der Waals surface area contributed by atoms with Crippen molar-refractivity contribution < 1.29 is 4.79 Å². The van der Waals surface area contributed by atoms with Crippen LogP contribution in [0.15, 0.2) is 18.3 Å². The number of nitriles is 1. The first-order valence-corrected chi connectivity index (χ1v) is 5.70. The van der Waals surface area contributed by atoms with Crippen molar-refractivity contribution in [3.8, 4) is 6.07 Å². The Bertz CT molecular complexity index is 664. The van der Waals surface area contributed by atoms with Crippen molar-refractivity contribution in [2.24, 2.45) is 7.05 Å². The fourth-order valence-corrected chi connectivity index (χ4v) is 1.81. The van der Waals surface area contributed by atoms with Crippen LogP contribution >= 0.6 is 0 Å². The van der Waals surface area contributed by atoms with E-state index in [1.54, 1.807) is 30.8 Å². The Hall–Kier alpha value is -2.68. The van der Waals surface area contributed by atoms with Gasteiger partial charge in [-0.1, -0.05) is 0 Å². The van der Waals surface area contributed by atoms with E-state index < -0.39 is 0 Å². The Morgan fingerprint density at radius 3 is 2.63 bits per heavy atom. The van der Waals surface area contributed by atoms with Crippen molar-refractivity contribution in [3.63, 3.8) is 0 Å². The fourth-order valence-electron chi connectivity index (χ4n) is 1.81. The zero-order chi connectivity index (χ0) is 14.0. The molecule has 96 valence electrons. The number of hydrogen-bond acceptors (Lipinski definition) is 4. The second kappa shape index (κ2) is 4.90. The highest BCUT2D eigenvalue weighted by atomic mass is 16.1. The summed E-state index contributed by atoms with van der Waals surface area (Å²) in [6.07, 6.45) is 1.42. The summed E-state index contributed by atoms with van der Waals surface area (Å²) in [4.78, 5) is 16.2. The summed E-state index contributed by atoms with van der Waals surface area (Å²) in [6, 6.07) is 5.17. The number of carbonyl (C=O) groups is 1. The smallest absolute Gasteiger partial charge is 0.260 e. The summed E-state index contributed by atoms with van der Waals surface area (Å²) in [5.74, 6) is 0.159. The van der Waals surface area contributed by atoms with Crippen LogP contribution in [0.4, 0.5) is 5.82 Å². The number of aryl methyl sites for hydroxylation is 2. The lowest BCUT2D eigenvalue weighted by Crippen LogP contribution is -2.15. The third kappa shape index (κ3) is 2.45. The Balaban J connectivity index is 2.23. The molecule has 0 aromatic carbocycles. The van der Waals surface area contributed by atoms with E-state index in [1.165, 1.54) is 6.20 Å². The largest absolute Gasteiger partial charge is 0.306 e. The maximum absolute atomic E-state index is 12.2. The Morgan fingerprint density at radius 1 is 1.42 bits per heavy atom. The average Bonchev–Trinajstić information content (AvgIpc) is 2.64. The van der Waals surface area contributed by atoms with E-state index in [4.69, 9.17) is 5.26 Å². The molecule has 0 saturated heterocycles. The van der Waals surface area contributed by atoms with Crippen LogP contribution in [0.3, 0.4) is 0 Å². The number of pyridine rings is 1. The molecule has 2 heterocycles. The molecule has 0 fully saturated rings. The summed E-state index contributed by atoms with van der Waals surface area (Å²) in [5, 5.41) is 15.6. The number of aromatic nitrogens is 3. The minimum Gasteiger partial charge on any atom is -0.306 e. The summed E-state index contributed by atoms with van der Waals surface area (Å²) < 4.78 is 1.66. The van der Waals surface area contributed by atoms with E-state index in [2.05, 4.69) is 15.4 Å². The Labute approximate surface area is 110 Å². The van der Waals surface area contributed by atoms with Gasteiger partial charge < -0.3 is 5.32 Å². The minimum absolute atomic E-state index is 0.250. The second-order valence-electron chi connectivity index (χ2n) is 4.17. The van der Waals surface area contributed by atoms with Gasteiger partial charge in [-0.25, -0.2) is 4.98 Å². The topological polar surface area (TPSA) is 83.6 Å². The van der Waals surface area contributed by atoms with Crippen molar-refractivity contribution in [3.05, 3.63) is 40.8 Å². The first-order chi connectivity index (χ1) is 9.02. The van der Waals surface area contributed by atoms with Crippen LogP contribution in [-0.2, 0) is 7.05 Å². The zero-order valence-corrected chi connectivity index (χ0v) is 10.9. The highest BCUT2D eigenvalue weighted by molar-refractivity contribution is 6.05. The SMILES string of the molecule is Cc1nn(C)c(C)c1C(=O)Nc1ccc(C#N)cn1. The molecule has 0 radical (unpaired) electrons. The molecule has 0 aliphatic rings. The van der Waals surface area contributed by atoms with Gasteiger partial charge in [0.05, 0.1) is 16.8 Å². The van der Waals surface area contributed by atoms with Crippen LogP contribution in [0.1, 0.15) is 27.3 Å². The predicted molar refractivity (Wildman–Crippen MR) is 69.6 cm³/mol. The van der Waals surface area contributed by atoms with Gasteiger partial charge in [-0.05, 0) is 26.0 Å². The first-order valence-electron chi connectivity index (χ1n) is 5.70. The molecule has 0 unspecified atom stereocenters. The molecule has 19 heavy (non-hydrogen) atoms. The molecule has 0 aliphatic heterocycles. The molecule has 0 spiro atoms. The van der Waals surface area contributed by atoms with E-state index in [0.29, 0.717) is 22.6 Å². The van der Waals surface area contributed by atoms with Crippen LogP contribution in [-0.4, -0.2) is 20.7 Å². The highest BCUT2D eigenvalue weighted by Gasteiger charge is 2.17. The van der Waals surface area contributed by atoms with Crippen molar-refractivity contribution >= 4 is 11.7 Å². The molecule has 6 nitrogen and oxygen atoms in total. The van der Waals surface area contributed by atoms with E-state index in [0.717, 1.165) is 5.69 Å². The van der Waals surface area contributed by atoms with Gasteiger partial charge in [0.25, 0.3) is 5.91 Å². The van der Waals surface area contributed by atoms with E-state index in [9.17, 15) is 4.79 Å². The maximum Gasteiger partial charge on any atom is 0.260 e. The van der Waals surface area contributed by atoms with Gasteiger partial charge in [0.2, 0.25) is 0 Å². The minimum atomic E-state index is -0.250. The van der Waals surface area contributed by atoms with Gasteiger partial charge in [-0.15, -0.1) is 0 Å². The van der Waals surface area contributed by atoms with Gasteiger partial charge in [0, 0.05) is 18.9 Å². The van der Waals surface area contributed by atoms with Crippen LogP contribution in [0.5, 0.6) is 0 Å². The maximum atomic E-state index is 12.2. The third-order valence-corrected chi connectivity index (χ3v) is 2.87. The molecule has 0 atom stereocenters. The molecular formula is C13H13N5O. The molecule has 6 heteroatoms. The van der Waals surface area contributed by atoms with Gasteiger partial charge in [0.15, 0.2) is 0 Å². The van der Waals surface area contributed by atoms with E-state index in [1.807, 2.05) is 13.0 Å². The van der Waals surface area contributed by atoms with Crippen LogP contribution < -0.4 is 5.32 Å². The number of nitrogens with zero attached hydrogens (tertiary/aromatic N) is 4. The second-order valence-corrected chi connectivity index (χ2v) is 4.17. The quantitative estimate of drug-likeness (QED) is 0.882. The van der Waals surface area contributed by atoms with Crippen molar-refractivity contribution in [2.45, 2.75) is 13.8 Å². The predicted octanol–water partition coefficient (Wildman–Crippen LogP) is 1.56. The number of anilines is 1. The van der Waals surface area contributed by atoms with E-state index in [-0.39, 0.29) is 5.91 Å². The lowest BCUT2D eigenvalue weighted by molar-refractivity contribution is 0.102. The molecule has 1 amide bonds. The Kier molecular flexibility index (Phi) is 3.29. The van der Waals surface area contributed by atoms with Gasteiger partial charge in [-0.2, -0.15) is 10.4 Å². The Morgan fingerprint density at radius 2 is 2.16 bits per heavy atom. The highest BCUT2D eigenvalue weighted by Crippen LogP contribution is 2.14. The standard InChI is InChI=1S/C13H13N5O/c1-8-12(9(2)18(3)17-8)13(19)16-11-5-4-10(6-14)7-15-11/h4-5,7H,1-3H3,(H,15,16,19). The molecule has 0 bridgehead atoms. The zero-order valence-electron chi connectivity index (χ0n) is 10.9. The van der Waals surface area contributed by atoms with Gasteiger partial charge >= 0.3 is 0 Å². The molecular weight excluding hydrogens is 242 g/mol. The number of hydrogen-bond donors (Lipinski definition) is 1. The molecule has 2 aromatic rings. The van der Waals surface area contributed by atoms with Crippen molar-refractivity contribution in [1.29, 1.82) is 5.26 Å². The number of carbonyl (C=O) groups excluding carboxylic acids is 1. The average molecular weight is 255 g/mol. The monoisotopic (exact) mass is 255 g/mol.